The van der Waals surface area contributed by atoms with E-state index in [0.29, 0.717) is 13.1 Å². The number of nitrogens with zero attached hydrogens (tertiary/aromatic N) is 2. The molecule has 0 unspecified atom stereocenters. The number of nitrogens with one attached hydrogen (secondary N) is 1. The third-order valence-electron chi connectivity index (χ3n) is 4.58. The van der Waals surface area contributed by atoms with E-state index in [2.05, 4.69) is 5.32 Å². The molecule has 0 radical (unpaired) electrons. The zero-order chi connectivity index (χ0) is 20.9. The van der Waals surface area contributed by atoms with E-state index in [-0.39, 0.29) is 43.0 Å². The molecule has 1 aliphatic rings. The van der Waals surface area contributed by atoms with Crippen LogP contribution < -0.4 is 5.32 Å². The van der Waals surface area contributed by atoms with Crippen LogP contribution in [0, 0.1) is 0 Å². The Morgan fingerprint density at radius 2 is 1.61 bits per heavy atom. The van der Waals surface area contributed by atoms with Crippen molar-refractivity contribution >= 4 is 17.9 Å². The van der Waals surface area contributed by atoms with Crippen molar-refractivity contribution in [1.82, 2.24) is 15.1 Å². The number of benzene rings is 1. The molecule has 0 spiro atoms. The molecule has 0 aliphatic carbocycles. The van der Waals surface area contributed by atoms with Crippen LogP contribution in [0.4, 0.5) is 4.79 Å². The first-order valence-corrected chi connectivity index (χ1v) is 9.66. The summed E-state index contributed by atoms with van der Waals surface area (Å²) >= 11 is 0. The van der Waals surface area contributed by atoms with E-state index in [1.165, 1.54) is 0 Å². The van der Waals surface area contributed by atoms with Crippen LogP contribution in [-0.2, 0) is 20.7 Å². The number of ether oxygens (including phenoxy) is 1. The van der Waals surface area contributed by atoms with Gasteiger partial charge >= 0.3 is 6.09 Å². The van der Waals surface area contributed by atoms with Crippen molar-refractivity contribution in [3.8, 4) is 0 Å². The second-order valence-electron chi connectivity index (χ2n) is 8.32. The molecular weight excluding hydrogens is 358 g/mol. The molecule has 28 heavy (non-hydrogen) atoms. The number of carbonyl (C=O) groups is 3. The summed E-state index contributed by atoms with van der Waals surface area (Å²) in [5.41, 5.74) is 0.344. The van der Waals surface area contributed by atoms with Crippen LogP contribution >= 0.6 is 0 Å². The van der Waals surface area contributed by atoms with Crippen molar-refractivity contribution in [1.29, 1.82) is 0 Å². The summed E-state index contributed by atoms with van der Waals surface area (Å²) < 4.78 is 5.45. The fraction of sp³-hybridized carbons (Fsp3) is 0.571. The van der Waals surface area contributed by atoms with Gasteiger partial charge in [-0.05, 0) is 40.2 Å². The standard InChI is InChI=1S/C21H31N3O4/c1-15-14-24(20(27)28-21(3,4)5)16(2)13-23(15)19(26)12-22-18(25)11-17-9-7-6-8-10-17/h6-10,15-16H,11-14H2,1-5H3,(H,22,25)/t15-,16-/m1/s1. The number of rotatable bonds is 4. The van der Waals surface area contributed by atoms with Crippen molar-refractivity contribution in [2.45, 2.75) is 58.7 Å². The third-order valence-corrected chi connectivity index (χ3v) is 4.58. The minimum atomic E-state index is -0.559. The number of amides is 3. The van der Waals surface area contributed by atoms with Crippen molar-refractivity contribution in [2.75, 3.05) is 19.6 Å². The van der Waals surface area contributed by atoms with Crippen molar-refractivity contribution in [2.24, 2.45) is 0 Å². The minimum absolute atomic E-state index is 0.0465. The molecule has 2 atom stereocenters. The molecule has 3 amide bonds. The summed E-state index contributed by atoms with van der Waals surface area (Å²) in [5, 5.41) is 2.69. The predicted octanol–water partition coefficient (Wildman–Crippen LogP) is 2.20. The third kappa shape index (κ3) is 6.25. The lowest BCUT2D eigenvalue weighted by atomic mass is 10.1. The van der Waals surface area contributed by atoms with Crippen LogP contribution in [-0.4, -0.2) is 65.0 Å². The van der Waals surface area contributed by atoms with Gasteiger partial charge < -0.3 is 19.9 Å². The van der Waals surface area contributed by atoms with E-state index in [4.69, 9.17) is 4.74 Å². The summed E-state index contributed by atoms with van der Waals surface area (Å²) in [6, 6.07) is 9.09. The molecule has 1 heterocycles. The topological polar surface area (TPSA) is 79.0 Å². The Balaban J connectivity index is 1.86. The molecular formula is C21H31N3O4. The summed E-state index contributed by atoms with van der Waals surface area (Å²) in [5.74, 6) is -0.336. The molecule has 1 aliphatic heterocycles. The minimum Gasteiger partial charge on any atom is -0.444 e. The van der Waals surface area contributed by atoms with E-state index in [9.17, 15) is 14.4 Å². The highest BCUT2D eigenvalue weighted by atomic mass is 16.6. The van der Waals surface area contributed by atoms with Gasteiger partial charge in [0.2, 0.25) is 11.8 Å². The average Bonchev–Trinajstić information content (AvgIpc) is 2.60. The largest absolute Gasteiger partial charge is 0.444 e. The van der Waals surface area contributed by atoms with Gasteiger partial charge in [0.1, 0.15) is 5.60 Å². The maximum Gasteiger partial charge on any atom is 0.410 e. The Labute approximate surface area is 167 Å². The molecule has 7 nitrogen and oxygen atoms in total. The normalized spacial score (nSPS) is 19.9. The Kier molecular flexibility index (Phi) is 7.05. The second-order valence-corrected chi connectivity index (χ2v) is 8.32. The highest BCUT2D eigenvalue weighted by molar-refractivity contribution is 5.86. The van der Waals surface area contributed by atoms with Gasteiger partial charge in [0.25, 0.3) is 0 Å². The van der Waals surface area contributed by atoms with Crippen LogP contribution in [0.2, 0.25) is 0 Å². The highest BCUT2D eigenvalue weighted by Gasteiger charge is 2.36. The summed E-state index contributed by atoms with van der Waals surface area (Å²) in [6.07, 6.45) is -0.123. The average molecular weight is 389 g/mol. The maximum atomic E-state index is 12.6. The Morgan fingerprint density at radius 1 is 1.04 bits per heavy atom. The summed E-state index contributed by atoms with van der Waals surface area (Å²) in [4.78, 5) is 40.4. The Morgan fingerprint density at radius 3 is 2.21 bits per heavy atom. The lowest BCUT2D eigenvalue weighted by molar-refractivity contribution is -0.137. The maximum absolute atomic E-state index is 12.6. The van der Waals surface area contributed by atoms with Crippen LogP contribution in [0.15, 0.2) is 30.3 Å². The van der Waals surface area contributed by atoms with E-state index < -0.39 is 5.60 Å². The summed E-state index contributed by atoms with van der Waals surface area (Å²) in [6.45, 7) is 10.0. The molecule has 0 saturated carbocycles. The second kappa shape index (κ2) is 9.08. The van der Waals surface area contributed by atoms with Crippen molar-refractivity contribution in [3.63, 3.8) is 0 Å². The first-order chi connectivity index (χ1) is 13.1. The first kappa shape index (κ1) is 21.7. The van der Waals surface area contributed by atoms with Crippen LogP contribution in [0.5, 0.6) is 0 Å². The fourth-order valence-corrected chi connectivity index (χ4v) is 3.17. The SMILES string of the molecule is C[C@@H]1CN(C(=O)OC(C)(C)C)[C@H](C)CN1C(=O)CNC(=O)Cc1ccccc1. The van der Waals surface area contributed by atoms with Crippen LogP contribution in [0.1, 0.15) is 40.2 Å². The van der Waals surface area contributed by atoms with E-state index >= 15 is 0 Å². The Hall–Kier alpha value is -2.57. The molecule has 0 aromatic heterocycles. The van der Waals surface area contributed by atoms with Crippen LogP contribution in [0.25, 0.3) is 0 Å². The monoisotopic (exact) mass is 389 g/mol. The number of hydrogen-bond donors (Lipinski definition) is 1. The van der Waals surface area contributed by atoms with Gasteiger partial charge in [-0.15, -0.1) is 0 Å². The number of carbonyl (C=O) groups excluding carboxylic acids is 3. The molecule has 1 aromatic rings. The molecule has 1 saturated heterocycles. The van der Waals surface area contributed by atoms with Gasteiger partial charge in [-0.3, -0.25) is 9.59 Å². The predicted molar refractivity (Wildman–Crippen MR) is 107 cm³/mol. The highest BCUT2D eigenvalue weighted by Crippen LogP contribution is 2.19. The number of hydrogen-bond acceptors (Lipinski definition) is 4. The Bertz CT molecular complexity index is 699. The molecule has 7 heteroatoms. The summed E-state index contributed by atoms with van der Waals surface area (Å²) in [7, 11) is 0. The first-order valence-electron chi connectivity index (χ1n) is 9.66. The van der Waals surface area contributed by atoms with Crippen molar-refractivity contribution in [3.05, 3.63) is 35.9 Å². The number of piperazine rings is 1. The van der Waals surface area contributed by atoms with Gasteiger partial charge in [0, 0.05) is 25.2 Å². The molecule has 2 rings (SSSR count). The van der Waals surface area contributed by atoms with Gasteiger partial charge in [0.15, 0.2) is 0 Å². The van der Waals surface area contributed by atoms with E-state index in [1.54, 1.807) is 9.80 Å². The van der Waals surface area contributed by atoms with Gasteiger partial charge in [-0.25, -0.2) is 4.79 Å². The van der Waals surface area contributed by atoms with Gasteiger partial charge in [0.05, 0.1) is 13.0 Å². The van der Waals surface area contributed by atoms with E-state index in [1.807, 2.05) is 65.0 Å². The lowest BCUT2D eigenvalue weighted by Gasteiger charge is -2.44. The molecule has 1 fully saturated rings. The lowest BCUT2D eigenvalue weighted by Crippen LogP contribution is -2.61. The molecule has 1 aromatic carbocycles. The van der Waals surface area contributed by atoms with Gasteiger partial charge in [-0.2, -0.15) is 0 Å². The zero-order valence-electron chi connectivity index (χ0n) is 17.4. The quantitative estimate of drug-likeness (QED) is 0.856. The molecule has 1 N–H and O–H groups in total. The zero-order valence-corrected chi connectivity index (χ0v) is 17.4. The molecule has 0 bridgehead atoms. The van der Waals surface area contributed by atoms with Gasteiger partial charge in [-0.1, -0.05) is 30.3 Å². The fourth-order valence-electron chi connectivity index (χ4n) is 3.17. The molecule has 154 valence electrons. The smallest absolute Gasteiger partial charge is 0.410 e. The van der Waals surface area contributed by atoms with Crippen molar-refractivity contribution < 1.29 is 19.1 Å². The van der Waals surface area contributed by atoms with E-state index in [0.717, 1.165) is 5.56 Å². The van der Waals surface area contributed by atoms with Crippen LogP contribution in [0.3, 0.4) is 0 Å².